The first-order valence-electron chi connectivity index (χ1n) is 8.07. The molecule has 0 aliphatic carbocycles. The van der Waals surface area contributed by atoms with Crippen molar-refractivity contribution < 1.29 is 24.5 Å². The van der Waals surface area contributed by atoms with E-state index in [0.29, 0.717) is 22.4 Å². The molecule has 0 aromatic heterocycles. The van der Waals surface area contributed by atoms with Crippen molar-refractivity contribution >= 4 is 34.7 Å². The number of esters is 1. The van der Waals surface area contributed by atoms with E-state index < -0.39 is 5.97 Å². The van der Waals surface area contributed by atoms with Crippen LogP contribution in [0.2, 0.25) is 10.0 Å². The highest BCUT2D eigenvalue weighted by Gasteiger charge is 2.24. The van der Waals surface area contributed by atoms with Crippen LogP contribution in [-0.2, 0) is 4.74 Å². The predicted molar refractivity (Wildman–Crippen MR) is 106 cm³/mol. The lowest BCUT2D eigenvalue weighted by Crippen LogP contribution is -2.07. The minimum Gasteiger partial charge on any atom is -0.506 e. The highest BCUT2D eigenvalue weighted by Crippen LogP contribution is 2.45. The summed E-state index contributed by atoms with van der Waals surface area (Å²) >= 11 is 12.4. The predicted octanol–water partition coefficient (Wildman–Crippen LogP) is 6.02. The number of hydrogen-bond donors (Lipinski definition) is 2. The van der Waals surface area contributed by atoms with Crippen LogP contribution in [0, 0.1) is 13.8 Å². The molecule has 0 spiro atoms. The molecule has 2 N–H and O–H groups in total. The van der Waals surface area contributed by atoms with Gasteiger partial charge in [0, 0.05) is 11.6 Å². The first-order chi connectivity index (χ1) is 12.6. The van der Waals surface area contributed by atoms with E-state index in [1.165, 1.54) is 13.2 Å². The fourth-order valence-electron chi connectivity index (χ4n) is 2.63. The number of allylic oxidation sites excluding steroid dienone is 2. The minimum absolute atomic E-state index is 0.0347. The molecular weight excluding hydrogens is 391 g/mol. The number of carbonyl (C=O) groups excluding carboxylic acids is 1. The minimum atomic E-state index is -0.657. The largest absolute Gasteiger partial charge is 0.506 e. The Labute approximate surface area is 167 Å². The van der Waals surface area contributed by atoms with Crippen LogP contribution in [0.4, 0.5) is 0 Å². The number of methoxy groups -OCH3 is 1. The van der Waals surface area contributed by atoms with Crippen molar-refractivity contribution in [1.29, 1.82) is 0 Å². The zero-order valence-electron chi connectivity index (χ0n) is 15.6. The Hall–Kier alpha value is -2.37. The van der Waals surface area contributed by atoms with Gasteiger partial charge in [0.05, 0.1) is 17.2 Å². The summed E-state index contributed by atoms with van der Waals surface area (Å²) in [6.07, 6.45) is 1.81. The Morgan fingerprint density at radius 2 is 1.67 bits per heavy atom. The van der Waals surface area contributed by atoms with Gasteiger partial charge in [0.2, 0.25) is 0 Å². The number of ether oxygens (including phenoxy) is 2. The van der Waals surface area contributed by atoms with Crippen LogP contribution in [0.25, 0.3) is 5.57 Å². The van der Waals surface area contributed by atoms with Crippen molar-refractivity contribution in [1.82, 2.24) is 0 Å². The summed E-state index contributed by atoms with van der Waals surface area (Å²) < 4.78 is 10.8. The molecule has 144 valence electrons. The molecule has 2 rings (SSSR count). The van der Waals surface area contributed by atoms with E-state index in [1.54, 1.807) is 19.9 Å². The summed E-state index contributed by atoms with van der Waals surface area (Å²) in [7, 11) is 1.24. The zero-order chi connectivity index (χ0) is 20.5. The average molecular weight is 411 g/mol. The number of phenols is 2. The van der Waals surface area contributed by atoms with Gasteiger partial charge in [0.1, 0.15) is 28.6 Å². The molecule has 27 heavy (non-hydrogen) atoms. The molecule has 0 bridgehead atoms. The summed E-state index contributed by atoms with van der Waals surface area (Å²) in [5.41, 5.74) is 2.15. The highest BCUT2D eigenvalue weighted by molar-refractivity contribution is 6.34. The van der Waals surface area contributed by atoms with Crippen LogP contribution in [0.3, 0.4) is 0 Å². The molecule has 0 aliphatic rings. The normalized spacial score (nSPS) is 11.4. The molecular formula is C20H20Cl2O5. The third-order valence-electron chi connectivity index (χ3n) is 4.28. The lowest BCUT2D eigenvalue weighted by atomic mass is 10.0. The van der Waals surface area contributed by atoms with Gasteiger partial charge in [-0.1, -0.05) is 29.3 Å². The van der Waals surface area contributed by atoms with Crippen molar-refractivity contribution in [3.63, 3.8) is 0 Å². The van der Waals surface area contributed by atoms with E-state index in [9.17, 15) is 15.0 Å². The molecule has 0 atom stereocenters. The van der Waals surface area contributed by atoms with Crippen LogP contribution < -0.4 is 4.74 Å². The van der Waals surface area contributed by atoms with Gasteiger partial charge < -0.3 is 19.7 Å². The zero-order valence-corrected chi connectivity index (χ0v) is 17.1. The molecule has 0 aliphatic heterocycles. The molecule has 0 unspecified atom stereocenters. The molecule has 2 aromatic carbocycles. The van der Waals surface area contributed by atoms with E-state index in [2.05, 4.69) is 0 Å². The van der Waals surface area contributed by atoms with Crippen molar-refractivity contribution in [2.24, 2.45) is 0 Å². The lowest BCUT2D eigenvalue weighted by Gasteiger charge is -2.19. The molecule has 0 amide bonds. The maximum Gasteiger partial charge on any atom is 0.341 e. The third kappa shape index (κ3) is 3.84. The van der Waals surface area contributed by atoms with Gasteiger partial charge in [-0.25, -0.2) is 4.79 Å². The summed E-state index contributed by atoms with van der Waals surface area (Å²) in [6, 6.07) is 2.85. The van der Waals surface area contributed by atoms with E-state index in [1.807, 2.05) is 19.9 Å². The number of rotatable bonds is 4. The van der Waals surface area contributed by atoms with Crippen LogP contribution in [0.1, 0.15) is 40.9 Å². The van der Waals surface area contributed by atoms with Gasteiger partial charge in [0.25, 0.3) is 0 Å². The van der Waals surface area contributed by atoms with Crippen molar-refractivity contribution in [2.45, 2.75) is 27.7 Å². The topological polar surface area (TPSA) is 76.0 Å². The molecule has 0 saturated heterocycles. The van der Waals surface area contributed by atoms with Crippen LogP contribution in [0.5, 0.6) is 23.0 Å². The van der Waals surface area contributed by atoms with Gasteiger partial charge in [0.15, 0.2) is 0 Å². The number of phenolic OH excluding ortho intramolecular Hbond substituents is 2. The molecule has 0 fully saturated rings. The second kappa shape index (κ2) is 8.11. The monoisotopic (exact) mass is 410 g/mol. The van der Waals surface area contributed by atoms with Crippen molar-refractivity contribution in [3.05, 3.63) is 50.5 Å². The Kier molecular flexibility index (Phi) is 6.29. The SMILES string of the molecule is CC=C(C)c1c(Oc2cc(O)c(Cl)c(C)c2C(=O)OC)cc(C)c(O)c1Cl. The number of hydrogen-bond acceptors (Lipinski definition) is 5. The molecule has 0 heterocycles. The molecule has 7 heteroatoms. The average Bonchev–Trinajstić information content (AvgIpc) is 2.63. The number of halogens is 2. The summed E-state index contributed by atoms with van der Waals surface area (Å²) in [4.78, 5) is 12.3. The van der Waals surface area contributed by atoms with E-state index in [-0.39, 0.29) is 32.9 Å². The van der Waals surface area contributed by atoms with Gasteiger partial charge >= 0.3 is 5.97 Å². The van der Waals surface area contributed by atoms with Gasteiger partial charge in [-0.3, -0.25) is 0 Å². The maximum absolute atomic E-state index is 12.3. The number of carbonyl (C=O) groups is 1. The van der Waals surface area contributed by atoms with E-state index >= 15 is 0 Å². The Morgan fingerprint density at radius 3 is 2.22 bits per heavy atom. The summed E-state index contributed by atoms with van der Waals surface area (Å²) in [6.45, 7) is 6.89. The smallest absolute Gasteiger partial charge is 0.341 e. The number of aromatic hydroxyl groups is 2. The van der Waals surface area contributed by atoms with Gasteiger partial charge in [-0.05, 0) is 50.5 Å². The van der Waals surface area contributed by atoms with Crippen LogP contribution >= 0.6 is 23.2 Å². The molecule has 5 nitrogen and oxygen atoms in total. The first kappa shape index (κ1) is 20.9. The van der Waals surface area contributed by atoms with Gasteiger partial charge in [-0.15, -0.1) is 0 Å². The Bertz CT molecular complexity index is 948. The fourth-order valence-corrected chi connectivity index (χ4v) is 3.17. The second-order valence-corrected chi connectivity index (χ2v) is 6.76. The lowest BCUT2D eigenvalue weighted by molar-refractivity contribution is 0.0597. The number of benzene rings is 2. The highest BCUT2D eigenvalue weighted by atomic mass is 35.5. The fraction of sp³-hybridized carbons (Fsp3) is 0.250. The standard InChI is InChI=1S/C20H20Cl2O5/c1-6-9(2)15-13(7-10(3)19(24)18(15)22)27-14-8-12(23)17(21)11(4)16(14)20(25)26-5/h6-8,23-24H,1-5H3. The first-order valence-corrected chi connectivity index (χ1v) is 8.83. The van der Waals surface area contributed by atoms with Gasteiger partial charge in [-0.2, -0.15) is 0 Å². The van der Waals surface area contributed by atoms with Crippen LogP contribution in [0.15, 0.2) is 18.2 Å². The molecule has 0 radical (unpaired) electrons. The Morgan fingerprint density at radius 1 is 1.07 bits per heavy atom. The third-order valence-corrected chi connectivity index (χ3v) is 5.12. The van der Waals surface area contributed by atoms with E-state index in [0.717, 1.165) is 5.57 Å². The van der Waals surface area contributed by atoms with Crippen LogP contribution in [-0.4, -0.2) is 23.3 Å². The number of aryl methyl sites for hydroxylation is 1. The quantitative estimate of drug-likeness (QED) is 0.602. The second-order valence-electron chi connectivity index (χ2n) is 6.00. The molecule has 2 aromatic rings. The molecule has 0 saturated carbocycles. The van der Waals surface area contributed by atoms with E-state index in [4.69, 9.17) is 32.7 Å². The summed E-state index contributed by atoms with van der Waals surface area (Å²) in [5, 5.41) is 20.4. The summed E-state index contributed by atoms with van der Waals surface area (Å²) in [5.74, 6) is -0.564. The Balaban J connectivity index is 2.76. The van der Waals surface area contributed by atoms with Crippen molar-refractivity contribution in [3.8, 4) is 23.0 Å². The van der Waals surface area contributed by atoms with Crippen molar-refractivity contribution in [2.75, 3.05) is 7.11 Å². The maximum atomic E-state index is 12.3.